The number of carbonyl (C=O) groups is 1. The van der Waals surface area contributed by atoms with Crippen molar-refractivity contribution in [2.24, 2.45) is 0 Å². The van der Waals surface area contributed by atoms with Crippen molar-refractivity contribution >= 4 is 28.9 Å². The highest BCUT2D eigenvalue weighted by Crippen LogP contribution is 2.29. The summed E-state index contributed by atoms with van der Waals surface area (Å²) in [7, 11) is 0. The maximum atomic E-state index is 11.1. The second kappa shape index (κ2) is 6.00. The van der Waals surface area contributed by atoms with Crippen LogP contribution in [0.15, 0.2) is 12.3 Å². The Morgan fingerprint density at radius 2 is 2.41 bits per heavy atom. The minimum atomic E-state index is -0.664. The number of nitro groups is 1. The van der Waals surface area contributed by atoms with Gasteiger partial charge in [-0.2, -0.15) is 0 Å². The molecule has 0 aliphatic rings. The van der Waals surface area contributed by atoms with Crippen molar-refractivity contribution in [1.29, 1.82) is 0 Å². The van der Waals surface area contributed by atoms with Crippen molar-refractivity contribution in [3.63, 3.8) is 0 Å². The Bertz CT molecular complexity index is 438. The molecule has 92 valence electrons. The molecule has 0 fully saturated rings. The fourth-order valence-electron chi connectivity index (χ4n) is 1.12. The fraction of sp³-hybridized carbons (Fsp3) is 0.333. The Morgan fingerprint density at radius 3 is 3.00 bits per heavy atom. The zero-order valence-electron chi connectivity index (χ0n) is 8.97. The third-order valence-corrected chi connectivity index (χ3v) is 2.07. The van der Waals surface area contributed by atoms with Crippen LogP contribution in [0.2, 0.25) is 5.15 Å². The largest absolute Gasteiger partial charge is 0.465 e. The van der Waals surface area contributed by atoms with Gasteiger partial charge in [-0.05, 0) is 13.0 Å². The van der Waals surface area contributed by atoms with Gasteiger partial charge in [-0.3, -0.25) is 14.9 Å². The third-order valence-electron chi connectivity index (χ3n) is 1.79. The molecular formula is C9H10ClN3O4. The van der Waals surface area contributed by atoms with Gasteiger partial charge in [0.1, 0.15) is 12.2 Å². The third kappa shape index (κ3) is 3.56. The molecule has 8 heteroatoms. The molecule has 7 nitrogen and oxygen atoms in total. The number of halogens is 1. The van der Waals surface area contributed by atoms with E-state index in [1.165, 1.54) is 12.3 Å². The molecule has 0 unspecified atom stereocenters. The van der Waals surface area contributed by atoms with Gasteiger partial charge in [0, 0.05) is 6.20 Å². The van der Waals surface area contributed by atoms with Crippen molar-refractivity contribution in [1.82, 2.24) is 4.98 Å². The Hall–Kier alpha value is -1.89. The molecule has 0 amide bonds. The van der Waals surface area contributed by atoms with Crippen molar-refractivity contribution in [2.45, 2.75) is 6.92 Å². The van der Waals surface area contributed by atoms with Crippen LogP contribution in [-0.2, 0) is 9.53 Å². The molecule has 0 saturated carbocycles. The number of esters is 1. The maximum absolute atomic E-state index is 11.1. The van der Waals surface area contributed by atoms with Crippen LogP contribution in [0.1, 0.15) is 6.92 Å². The van der Waals surface area contributed by atoms with E-state index in [-0.39, 0.29) is 29.7 Å². The smallest absolute Gasteiger partial charge is 0.329 e. The molecule has 0 atom stereocenters. The molecule has 0 bridgehead atoms. The van der Waals surface area contributed by atoms with Gasteiger partial charge in [0.25, 0.3) is 0 Å². The number of rotatable bonds is 5. The summed E-state index contributed by atoms with van der Waals surface area (Å²) >= 11 is 5.59. The number of hydrogen-bond acceptors (Lipinski definition) is 6. The van der Waals surface area contributed by atoms with E-state index in [1.54, 1.807) is 6.92 Å². The first kappa shape index (κ1) is 13.2. The van der Waals surface area contributed by atoms with Crippen LogP contribution >= 0.6 is 11.6 Å². The van der Waals surface area contributed by atoms with Crippen molar-refractivity contribution in [3.05, 3.63) is 27.5 Å². The Balaban J connectivity index is 2.81. The van der Waals surface area contributed by atoms with Crippen LogP contribution in [0.3, 0.4) is 0 Å². The second-order valence-electron chi connectivity index (χ2n) is 2.91. The zero-order chi connectivity index (χ0) is 12.8. The summed E-state index contributed by atoms with van der Waals surface area (Å²) in [5, 5.41) is 13.1. The molecule has 0 aromatic carbocycles. The van der Waals surface area contributed by atoms with Crippen LogP contribution in [0.25, 0.3) is 0 Å². The average molecular weight is 260 g/mol. The predicted molar refractivity (Wildman–Crippen MR) is 61.0 cm³/mol. The van der Waals surface area contributed by atoms with E-state index in [2.05, 4.69) is 15.0 Å². The van der Waals surface area contributed by atoms with Crippen LogP contribution in [-0.4, -0.2) is 29.0 Å². The zero-order valence-corrected chi connectivity index (χ0v) is 9.73. The van der Waals surface area contributed by atoms with E-state index in [0.29, 0.717) is 0 Å². The molecule has 1 aromatic rings. The summed E-state index contributed by atoms with van der Waals surface area (Å²) in [5.74, 6) is -0.505. The van der Waals surface area contributed by atoms with Crippen molar-refractivity contribution in [2.75, 3.05) is 18.5 Å². The highest BCUT2D eigenvalue weighted by molar-refractivity contribution is 6.32. The number of nitrogens with one attached hydrogen (secondary N) is 1. The van der Waals surface area contributed by atoms with Crippen LogP contribution in [0.4, 0.5) is 11.4 Å². The molecule has 1 N–H and O–H groups in total. The van der Waals surface area contributed by atoms with Gasteiger partial charge in [0.05, 0.1) is 11.5 Å². The molecule has 0 aliphatic carbocycles. The second-order valence-corrected chi connectivity index (χ2v) is 3.27. The summed E-state index contributed by atoms with van der Waals surface area (Å²) in [5.41, 5.74) is -0.235. The summed E-state index contributed by atoms with van der Waals surface area (Å²) < 4.78 is 4.67. The van der Waals surface area contributed by atoms with Gasteiger partial charge in [0.15, 0.2) is 0 Å². The van der Waals surface area contributed by atoms with Crippen molar-refractivity contribution in [3.8, 4) is 0 Å². The number of hydrogen-bond donors (Lipinski definition) is 1. The lowest BCUT2D eigenvalue weighted by molar-refractivity contribution is -0.384. The molecular weight excluding hydrogens is 250 g/mol. The Kier molecular flexibility index (Phi) is 4.65. The fourth-order valence-corrected chi connectivity index (χ4v) is 1.35. The van der Waals surface area contributed by atoms with Gasteiger partial charge in [-0.15, -0.1) is 0 Å². The summed E-state index contributed by atoms with van der Waals surface area (Å²) in [4.78, 5) is 24.7. The average Bonchev–Trinajstić information content (AvgIpc) is 2.26. The van der Waals surface area contributed by atoms with Crippen LogP contribution < -0.4 is 5.32 Å². The van der Waals surface area contributed by atoms with Crippen molar-refractivity contribution < 1.29 is 14.5 Å². The molecule has 0 radical (unpaired) electrons. The summed E-state index contributed by atoms with van der Waals surface area (Å²) in [6.45, 7) is 1.75. The number of nitrogens with zero attached hydrogens (tertiary/aromatic N) is 2. The normalized spacial score (nSPS) is 9.76. The quantitative estimate of drug-likeness (QED) is 0.374. The predicted octanol–water partition coefficient (Wildman–Crippen LogP) is 1.62. The molecule has 1 aromatic heterocycles. The van der Waals surface area contributed by atoms with Gasteiger partial charge < -0.3 is 10.1 Å². The standard InChI is InChI=1S/C9H10ClN3O4/c1-2-17-7(14)5-12-6-3-4-11-9(10)8(6)13(15)16/h3-4H,2,5H2,1H3,(H,11,12). The molecule has 1 heterocycles. The highest BCUT2D eigenvalue weighted by Gasteiger charge is 2.20. The first-order valence-corrected chi connectivity index (χ1v) is 5.12. The summed E-state index contributed by atoms with van der Waals surface area (Å²) in [6, 6.07) is 1.36. The number of pyridine rings is 1. The minimum absolute atomic E-state index is 0.128. The van der Waals surface area contributed by atoms with Gasteiger partial charge >= 0.3 is 11.7 Å². The van der Waals surface area contributed by atoms with Gasteiger partial charge in [-0.1, -0.05) is 11.6 Å². The lowest BCUT2D eigenvalue weighted by atomic mass is 10.3. The molecule has 17 heavy (non-hydrogen) atoms. The molecule has 0 aliphatic heterocycles. The SMILES string of the molecule is CCOC(=O)CNc1ccnc(Cl)c1[N+](=O)[O-]. The number of ether oxygens (including phenoxy) is 1. The minimum Gasteiger partial charge on any atom is -0.465 e. The molecule has 1 rings (SSSR count). The van der Waals surface area contributed by atoms with Gasteiger partial charge in [-0.25, -0.2) is 4.98 Å². The lowest BCUT2D eigenvalue weighted by Gasteiger charge is -2.06. The van der Waals surface area contributed by atoms with E-state index in [0.717, 1.165) is 0 Å². The van der Waals surface area contributed by atoms with Gasteiger partial charge in [0.2, 0.25) is 5.15 Å². The molecule has 0 spiro atoms. The lowest BCUT2D eigenvalue weighted by Crippen LogP contribution is -2.17. The number of aromatic nitrogens is 1. The molecule has 0 saturated heterocycles. The van der Waals surface area contributed by atoms with E-state index >= 15 is 0 Å². The van der Waals surface area contributed by atoms with Crippen LogP contribution in [0, 0.1) is 10.1 Å². The highest BCUT2D eigenvalue weighted by atomic mass is 35.5. The van der Waals surface area contributed by atoms with E-state index < -0.39 is 10.9 Å². The number of carbonyl (C=O) groups excluding carboxylic acids is 1. The van der Waals surface area contributed by atoms with E-state index in [1.807, 2.05) is 0 Å². The van der Waals surface area contributed by atoms with Crippen LogP contribution in [0.5, 0.6) is 0 Å². The number of anilines is 1. The first-order valence-electron chi connectivity index (χ1n) is 4.74. The Labute approximate surface area is 102 Å². The maximum Gasteiger partial charge on any atom is 0.329 e. The van der Waals surface area contributed by atoms with E-state index in [9.17, 15) is 14.9 Å². The first-order chi connectivity index (χ1) is 8.06. The van der Waals surface area contributed by atoms with E-state index in [4.69, 9.17) is 11.6 Å². The topological polar surface area (TPSA) is 94.4 Å². The monoisotopic (exact) mass is 259 g/mol. The summed E-state index contributed by atoms with van der Waals surface area (Å²) in [6.07, 6.45) is 1.31. The Morgan fingerprint density at radius 1 is 1.71 bits per heavy atom.